The summed E-state index contributed by atoms with van der Waals surface area (Å²) in [6.45, 7) is 3.25. The van der Waals surface area contributed by atoms with Crippen molar-refractivity contribution in [3.63, 3.8) is 0 Å². The van der Waals surface area contributed by atoms with E-state index in [0.29, 0.717) is 17.9 Å². The summed E-state index contributed by atoms with van der Waals surface area (Å²) in [5.41, 5.74) is -1.04. The molecule has 1 N–H and O–H groups in total. The van der Waals surface area contributed by atoms with Gasteiger partial charge in [-0.15, -0.1) is 0 Å². The Morgan fingerprint density at radius 2 is 2.12 bits per heavy atom. The maximum atomic E-state index is 13.0. The molecule has 0 aliphatic carbocycles. The van der Waals surface area contributed by atoms with Gasteiger partial charge in [0.1, 0.15) is 10.4 Å². The molecule has 128 valence electrons. The van der Waals surface area contributed by atoms with Gasteiger partial charge in [-0.25, -0.2) is 18.1 Å². The number of carboxylic acid groups (broad SMARTS) is 1. The highest BCUT2D eigenvalue weighted by molar-refractivity contribution is 7.89. The van der Waals surface area contributed by atoms with Crippen LogP contribution in [0.3, 0.4) is 0 Å². The van der Waals surface area contributed by atoms with Gasteiger partial charge in [-0.1, -0.05) is 6.07 Å². The summed E-state index contributed by atoms with van der Waals surface area (Å²) < 4.78 is 28.5. The third kappa shape index (κ3) is 2.40. The second kappa shape index (κ2) is 5.67. The number of pyridine rings is 1. The highest BCUT2D eigenvalue weighted by atomic mass is 32.2. The average molecular weight is 350 g/mol. The molecule has 0 saturated carbocycles. The van der Waals surface area contributed by atoms with Gasteiger partial charge in [0.15, 0.2) is 5.82 Å². The molecule has 0 aromatic carbocycles. The van der Waals surface area contributed by atoms with Gasteiger partial charge < -0.3 is 5.11 Å². The third-order valence-corrected chi connectivity index (χ3v) is 6.56. The zero-order chi connectivity index (χ0) is 17.5. The molecule has 1 fully saturated rings. The molecule has 1 aliphatic heterocycles. The van der Waals surface area contributed by atoms with Gasteiger partial charge in [0.05, 0.1) is 11.9 Å². The maximum absolute atomic E-state index is 13.0. The minimum atomic E-state index is -3.97. The lowest BCUT2D eigenvalue weighted by Crippen LogP contribution is -2.50. The lowest BCUT2D eigenvalue weighted by atomic mass is 10.0. The van der Waals surface area contributed by atoms with Crippen molar-refractivity contribution in [1.29, 1.82) is 0 Å². The SMILES string of the molecule is Cc1c(S(=O)(=O)N2CCC[C@]2(C)C(=O)O)cnn1-c1ccccn1. The topological polar surface area (TPSA) is 105 Å². The number of nitrogens with zero attached hydrogens (tertiary/aromatic N) is 4. The van der Waals surface area contributed by atoms with Crippen molar-refractivity contribution in [1.82, 2.24) is 19.1 Å². The molecule has 0 radical (unpaired) electrons. The quantitative estimate of drug-likeness (QED) is 0.888. The molecule has 0 unspecified atom stereocenters. The average Bonchev–Trinajstić information content (AvgIpc) is 3.13. The molecule has 0 bridgehead atoms. The van der Waals surface area contributed by atoms with Crippen molar-refractivity contribution >= 4 is 16.0 Å². The number of rotatable bonds is 4. The number of hydrogen-bond donors (Lipinski definition) is 1. The first-order valence-corrected chi connectivity index (χ1v) is 8.95. The van der Waals surface area contributed by atoms with E-state index in [1.807, 2.05) is 0 Å². The van der Waals surface area contributed by atoms with Crippen LogP contribution in [0.25, 0.3) is 5.82 Å². The van der Waals surface area contributed by atoms with Gasteiger partial charge in [-0.3, -0.25) is 4.79 Å². The summed E-state index contributed by atoms with van der Waals surface area (Å²) in [5.74, 6) is -0.641. The Kier molecular flexibility index (Phi) is 3.92. The summed E-state index contributed by atoms with van der Waals surface area (Å²) in [6, 6.07) is 5.25. The standard InChI is InChI=1S/C15H18N4O4S/c1-11-12(10-17-19(11)13-6-3-4-8-16-13)24(22,23)18-9-5-7-15(18,2)14(20)21/h3-4,6,8,10H,5,7,9H2,1-2H3,(H,20,21)/t15-/m1/s1. The Morgan fingerprint density at radius 3 is 2.75 bits per heavy atom. The first-order chi connectivity index (χ1) is 11.3. The minimum Gasteiger partial charge on any atom is -0.480 e. The summed E-state index contributed by atoms with van der Waals surface area (Å²) in [5, 5.41) is 13.6. The van der Waals surface area contributed by atoms with Gasteiger partial charge in [-0.2, -0.15) is 9.40 Å². The minimum absolute atomic E-state index is 0.00234. The van der Waals surface area contributed by atoms with Crippen LogP contribution in [0.5, 0.6) is 0 Å². The van der Waals surface area contributed by atoms with Crippen LogP contribution in [-0.4, -0.2) is 50.6 Å². The molecule has 8 nitrogen and oxygen atoms in total. The first kappa shape index (κ1) is 16.6. The Bertz CT molecular complexity index is 878. The predicted molar refractivity (Wildman–Crippen MR) is 85.3 cm³/mol. The van der Waals surface area contributed by atoms with E-state index < -0.39 is 21.5 Å². The maximum Gasteiger partial charge on any atom is 0.324 e. The normalized spacial score (nSPS) is 21.9. The lowest BCUT2D eigenvalue weighted by Gasteiger charge is -2.29. The van der Waals surface area contributed by atoms with Gasteiger partial charge in [-0.05, 0) is 38.8 Å². The number of carboxylic acids is 1. The van der Waals surface area contributed by atoms with Crippen molar-refractivity contribution in [2.24, 2.45) is 0 Å². The van der Waals surface area contributed by atoms with Crippen LogP contribution in [0.4, 0.5) is 0 Å². The first-order valence-electron chi connectivity index (χ1n) is 7.51. The smallest absolute Gasteiger partial charge is 0.324 e. The van der Waals surface area contributed by atoms with Crippen LogP contribution in [0.2, 0.25) is 0 Å². The van der Waals surface area contributed by atoms with Gasteiger partial charge in [0.2, 0.25) is 10.0 Å². The van der Waals surface area contributed by atoms with Crippen molar-refractivity contribution in [3.05, 3.63) is 36.3 Å². The van der Waals surface area contributed by atoms with Crippen LogP contribution >= 0.6 is 0 Å². The Labute approximate surface area is 139 Å². The summed E-state index contributed by atoms with van der Waals surface area (Å²) >= 11 is 0. The zero-order valence-electron chi connectivity index (χ0n) is 13.4. The van der Waals surface area contributed by atoms with Crippen molar-refractivity contribution in [2.75, 3.05) is 6.54 Å². The summed E-state index contributed by atoms with van der Waals surface area (Å²) in [7, 11) is -3.97. The lowest BCUT2D eigenvalue weighted by molar-refractivity contribution is -0.146. The molecule has 3 heterocycles. The second-order valence-electron chi connectivity index (χ2n) is 5.95. The van der Waals surface area contributed by atoms with Crippen LogP contribution in [0, 0.1) is 6.92 Å². The number of hydrogen-bond acceptors (Lipinski definition) is 5. The fraction of sp³-hybridized carbons (Fsp3) is 0.400. The van der Waals surface area contributed by atoms with E-state index in [9.17, 15) is 18.3 Å². The number of sulfonamides is 1. The van der Waals surface area contributed by atoms with E-state index in [0.717, 1.165) is 4.31 Å². The Hall–Kier alpha value is -2.26. The van der Waals surface area contributed by atoms with E-state index in [1.165, 1.54) is 17.8 Å². The second-order valence-corrected chi connectivity index (χ2v) is 7.78. The van der Waals surface area contributed by atoms with Crippen LogP contribution < -0.4 is 0 Å². The number of carbonyl (C=O) groups is 1. The molecule has 1 atom stereocenters. The molecule has 2 aromatic heterocycles. The molecule has 2 aromatic rings. The van der Waals surface area contributed by atoms with Gasteiger partial charge in [0, 0.05) is 12.7 Å². The van der Waals surface area contributed by atoms with Crippen molar-refractivity contribution in [3.8, 4) is 5.82 Å². The zero-order valence-corrected chi connectivity index (χ0v) is 14.2. The Balaban J connectivity index is 2.06. The molecule has 1 aliphatic rings. The van der Waals surface area contributed by atoms with Crippen molar-refractivity contribution in [2.45, 2.75) is 37.1 Å². The van der Waals surface area contributed by atoms with E-state index in [-0.39, 0.29) is 17.9 Å². The number of aromatic nitrogens is 3. The highest BCUT2D eigenvalue weighted by Crippen LogP contribution is 2.35. The molecule has 1 saturated heterocycles. The fourth-order valence-corrected chi connectivity index (χ4v) is 4.96. The number of aliphatic carboxylic acids is 1. The summed E-state index contributed by atoms with van der Waals surface area (Å²) in [6.07, 6.45) is 3.64. The van der Waals surface area contributed by atoms with Crippen LogP contribution in [-0.2, 0) is 14.8 Å². The molecular formula is C15H18N4O4S. The van der Waals surface area contributed by atoms with E-state index >= 15 is 0 Å². The molecule has 24 heavy (non-hydrogen) atoms. The van der Waals surface area contributed by atoms with E-state index in [1.54, 1.807) is 31.3 Å². The van der Waals surface area contributed by atoms with Gasteiger partial charge >= 0.3 is 5.97 Å². The predicted octanol–water partition coefficient (Wildman–Crippen LogP) is 1.20. The van der Waals surface area contributed by atoms with Gasteiger partial charge in [0.25, 0.3) is 0 Å². The molecular weight excluding hydrogens is 332 g/mol. The van der Waals surface area contributed by atoms with Crippen molar-refractivity contribution < 1.29 is 18.3 Å². The molecule has 3 rings (SSSR count). The highest BCUT2D eigenvalue weighted by Gasteiger charge is 2.50. The van der Waals surface area contributed by atoms with E-state index in [4.69, 9.17) is 0 Å². The van der Waals surface area contributed by atoms with E-state index in [2.05, 4.69) is 10.1 Å². The fourth-order valence-electron chi connectivity index (χ4n) is 3.01. The third-order valence-electron chi connectivity index (χ3n) is 4.44. The van der Waals surface area contributed by atoms with Crippen LogP contribution in [0.1, 0.15) is 25.5 Å². The van der Waals surface area contributed by atoms with Crippen LogP contribution in [0.15, 0.2) is 35.5 Å². The molecule has 0 spiro atoms. The largest absolute Gasteiger partial charge is 0.480 e. The molecule has 0 amide bonds. The monoisotopic (exact) mass is 350 g/mol. The summed E-state index contributed by atoms with van der Waals surface area (Å²) in [4.78, 5) is 15.7. The Morgan fingerprint density at radius 1 is 1.38 bits per heavy atom. The molecule has 9 heteroatoms.